The van der Waals surface area contributed by atoms with Crippen LogP contribution in [0.15, 0.2) is 12.2 Å². The molecular weight excluding hydrogens is 186 g/mol. The van der Waals surface area contributed by atoms with Crippen LogP contribution >= 0.6 is 0 Å². The molecule has 15 heavy (non-hydrogen) atoms. The fourth-order valence-corrected chi connectivity index (χ4v) is 4.66. The molecule has 1 saturated carbocycles. The van der Waals surface area contributed by atoms with Gasteiger partial charge in [0.2, 0.25) is 0 Å². The lowest BCUT2D eigenvalue weighted by atomic mass is 9.69. The van der Waals surface area contributed by atoms with E-state index in [4.69, 9.17) is 10.00 Å². The maximum absolute atomic E-state index is 8.81. The standard InChI is InChI=1S/C13H15NO/c14-4-3-9-6-10-11-7-1-2-8(5-7)12(11)13(9)15-10/h1-2,7-13H,3,5-6H2. The van der Waals surface area contributed by atoms with Crippen molar-refractivity contribution in [2.45, 2.75) is 31.5 Å². The maximum Gasteiger partial charge on any atom is 0.0655 e. The quantitative estimate of drug-likeness (QED) is 0.609. The average molecular weight is 201 g/mol. The third kappa shape index (κ3) is 0.885. The summed E-state index contributed by atoms with van der Waals surface area (Å²) in [6.45, 7) is 0. The van der Waals surface area contributed by atoms with Gasteiger partial charge in [-0.2, -0.15) is 5.26 Å². The summed E-state index contributed by atoms with van der Waals surface area (Å²) in [5, 5.41) is 8.81. The fourth-order valence-electron chi connectivity index (χ4n) is 4.66. The monoisotopic (exact) mass is 201 g/mol. The van der Waals surface area contributed by atoms with Crippen LogP contribution in [0.25, 0.3) is 0 Å². The Bertz CT molecular complexity index is 369. The first-order valence-corrected chi connectivity index (χ1v) is 6.09. The topological polar surface area (TPSA) is 33.0 Å². The van der Waals surface area contributed by atoms with Gasteiger partial charge in [-0.25, -0.2) is 0 Å². The molecular formula is C13H15NO. The number of allylic oxidation sites excluding steroid dienone is 2. The highest BCUT2D eigenvalue weighted by Crippen LogP contribution is 2.61. The van der Waals surface area contributed by atoms with Crippen molar-refractivity contribution in [3.63, 3.8) is 0 Å². The van der Waals surface area contributed by atoms with Crippen LogP contribution in [0.4, 0.5) is 0 Å². The number of nitrogens with zero attached hydrogens (tertiary/aromatic N) is 1. The van der Waals surface area contributed by atoms with Gasteiger partial charge in [-0.05, 0) is 36.5 Å². The molecule has 0 aromatic heterocycles. The Kier molecular flexibility index (Phi) is 1.48. The maximum atomic E-state index is 8.81. The van der Waals surface area contributed by atoms with Crippen LogP contribution in [0.1, 0.15) is 19.3 Å². The first-order valence-electron chi connectivity index (χ1n) is 6.09. The van der Waals surface area contributed by atoms with E-state index < -0.39 is 0 Å². The molecule has 2 aliphatic carbocycles. The van der Waals surface area contributed by atoms with Crippen molar-refractivity contribution in [3.05, 3.63) is 12.2 Å². The molecule has 2 nitrogen and oxygen atoms in total. The van der Waals surface area contributed by atoms with Crippen LogP contribution in [-0.4, -0.2) is 12.2 Å². The van der Waals surface area contributed by atoms with Gasteiger partial charge in [-0.15, -0.1) is 0 Å². The van der Waals surface area contributed by atoms with Crippen molar-refractivity contribution in [1.82, 2.24) is 0 Å². The van der Waals surface area contributed by atoms with E-state index in [1.165, 1.54) is 6.42 Å². The van der Waals surface area contributed by atoms with Crippen molar-refractivity contribution in [3.8, 4) is 6.07 Å². The zero-order chi connectivity index (χ0) is 9.99. The molecule has 0 aromatic rings. The van der Waals surface area contributed by atoms with Gasteiger partial charge in [0, 0.05) is 12.3 Å². The third-order valence-electron chi connectivity index (χ3n) is 5.08. The van der Waals surface area contributed by atoms with Crippen molar-refractivity contribution in [2.75, 3.05) is 0 Å². The summed E-state index contributed by atoms with van der Waals surface area (Å²) in [6, 6.07) is 2.32. The summed E-state index contributed by atoms with van der Waals surface area (Å²) in [7, 11) is 0. The normalized spacial score (nSPS) is 58.5. The number of fused-ring (bicyclic) bond motifs is 9. The molecule has 2 aliphatic heterocycles. The summed E-state index contributed by atoms with van der Waals surface area (Å²) in [4.78, 5) is 0. The van der Waals surface area contributed by atoms with Crippen LogP contribution in [0.3, 0.4) is 0 Å². The molecule has 0 radical (unpaired) electrons. The van der Waals surface area contributed by atoms with Crippen molar-refractivity contribution >= 4 is 0 Å². The van der Waals surface area contributed by atoms with Crippen molar-refractivity contribution in [2.24, 2.45) is 29.6 Å². The van der Waals surface area contributed by atoms with E-state index in [-0.39, 0.29) is 0 Å². The lowest BCUT2D eigenvalue weighted by Gasteiger charge is -2.32. The second kappa shape index (κ2) is 2.65. The molecule has 7 unspecified atom stereocenters. The molecule has 3 fully saturated rings. The lowest BCUT2D eigenvalue weighted by Crippen LogP contribution is -2.35. The van der Waals surface area contributed by atoms with Crippen molar-refractivity contribution in [1.29, 1.82) is 5.26 Å². The Hall–Kier alpha value is -0.810. The smallest absolute Gasteiger partial charge is 0.0655 e. The van der Waals surface area contributed by atoms with Crippen LogP contribution in [0.5, 0.6) is 0 Å². The van der Waals surface area contributed by atoms with Crippen LogP contribution in [0.2, 0.25) is 0 Å². The van der Waals surface area contributed by atoms with E-state index >= 15 is 0 Å². The third-order valence-corrected chi connectivity index (χ3v) is 5.08. The van der Waals surface area contributed by atoms with E-state index in [0.29, 0.717) is 24.5 Å². The minimum absolute atomic E-state index is 0.416. The van der Waals surface area contributed by atoms with Crippen LogP contribution in [0, 0.1) is 40.9 Å². The summed E-state index contributed by atoms with van der Waals surface area (Å²) in [6.07, 6.45) is 8.93. The number of ether oxygens (including phenoxy) is 1. The van der Waals surface area contributed by atoms with E-state index in [1.54, 1.807) is 0 Å². The first kappa shape index (κ1) is 8.35. The molecule has 2 saturated heterocycles. The Morgan fingerprint density at radius 1 is 1.20 bits per heavy atom. The predicted molar refractivity (Wildman–Crippen MR) is 54.7 cm³/mol. The summed E-state index contributed by atoms with van der Waals surface area (Å²) >= 11 is 0. The summed E-state index contributed by atoms with van der Waals surface area (Å²) < 4.78 is 6.09. The van der Waals surface area contributed by atoms with Gasteiger partial charge in [0.25, 0.3) is 0 Å². The largest absolute Gasteiger partial charge is 0.374 e. The van der Waals surface area contributed by atoms with E-state index in [0.717, 1.165) is 30.1 Å². The van der Waals surface area contributed by atoms with Gasteiger partial charge < -0.3 is 4.74 Å². The Balaban J connectivity index is 1.66. The van der Waals surface area contributed by atoms with Crippen molar-refractivity contribution < 1.29 is 4.74 Å². The van der Waals surface area contributed by atoms with Crippen LogP contribution in [-0.2, 0) is 4.74 Å². The van der Waals surface area contributed by atoms with Crippen LogP contribution < -0.4 is 0 Å². The van der Waals surface area contributed by atoms with Gasteiger partial charge in [0.15, 0.2) is 0 Å². The van der Waals surface area contributed by atoms with E-state index in [1.807, 2.05) is 0 Å². The second-order valence-electron chi connectivity index (χ2n) is 5.60. The molecule has 0 aromatic carbocycles. The fraction of sp³-hybridized carbons (Fsp3) is 0.769. The Morgan fingerprint density at radius 3 is 2.80 bits per heavy atom. The number of nitriles is 1. The Morgan fingerprint density at radius 2 is 2.00 bits per heavy atom. The van der Waals surface area contributed by atoms with Gasteiger partial charge in [0.1, 0.15) is 0 Å². The number of hydrogen-bond acceptors (Lipinski definition) is 2. The molecule has 78 valence electrons. The SMILES string of the molecule is N#CCC1CC2OC1C1C3C=CC(C3)C21. The molecule has 7 atom stereocenters. The van der Waals surface area contributed by atoms with E-state index in [9.17, 15) is 0 Å². The molecule has 4 aliphatic rings. The minimum Gasteiger partial charge on any atom is -0.374 e. The molecule has 2 heterocycles. The first-order chi connectivity index (χ1) is 7.38. The zero-order valence-corrected chi connectivity index (χ0v) is 8.67. The molecule has 0 amide bonds. The molecule has 0 spiro atoms. The van der Waals surface area contributed by atoms with E-state index in [2.05, 4.69) is 18.2 Å². The lowest BCUT2D eigenvalue weighted by molar-refractivity contribution is 0.0633. The predicted octanol–water partition coefficient (Wildman–Crippen LogP) is 2.13. The molecule has 4 rings (SSSR count). The van der Waals surface area contributed by atoms with Gasteiger partial charge >= 0.3 is 0 Å². The minimum atomic E-state index is 0.416. The van der Waals surface area contributed by atoms with Gasteiger partial charge in [0.05, 0.1) is 18.3 Å². The Labute approximate surface area is 89.9 Å². The molecule has 2 heteroatoms. The van der Waals surface area contributed by atoms with Gasteiger partial charge in [-0.3, -0.25) is 0 Å². The second-order valence-corrected chi connectivity index (χ2v) is 5.60. The number of rotatable bonds is 1. The summed E-state index contributed by atoms with van der Waals surface area (Å²) in [5.41, 5.74) is 0. The number of hydrogen-bond donors (Lipinski definition) is 0. The molecule has 0 N–H and O–H groups in total. The highest BCUT2D eigenvalue weighted by Gasteiger charge is 2.62. The highest BCUT2D eigenvalue weighted by molar-refractivity contribution is 5.21. The highest BCUT2D eigenvalue weighted by atomic mass is 16.5. The van der Waals surface area contributed by atoms with Gasteiger partial charge in [-0.1, -0.05) is 12.2 Å². The average Bonchev–Trinajstić information content (AvgIpc) is 2.95. The zero-order valence-electron chi connectivity index (χ0n) is 8.67. The summed E-state index contributed by atoms with van der Waals surface area (Å²) in [5.74, 6) is 3.68. The molecule has 4 bridgehead atoms.